The van der Waals surface area contributed by atoms with Crippen molar-refractivity contribution in [2.45, 2.75) is 69.1 Å². The largest absolute Gasteiger partial charge is 0.598 e. The minimum Gasteiger partial charge on any atom is -0.598 e. The number of amides is 4. The van der Waals surface area contributed by atoms with E-state index in [1.807, 2.05) is 5.32 Å². The average molecular weight is 586 g/mol. The highest BCUT2D eigenvalue weighted by Gasteiger charge is 2.51. The number of carbonyl (C=O) groups excluding carboxylic acids is 4. The highest BCUT2D eigenvalue weighted by atomic mass is 32.2. The molecule has 5 atom stereocenters. The Morgan fingerprint density at radius 1 is 1.18 bits per heavy atom. The molecule has 1 aromatic rings. The van der Waals surface area contributed by atoms with Crippen molar-refractivity contribution in [1.29, 1.82) is 0 Å². The third-order valence-electron chi connectivity index (χ3n) is 6.88. The Hall–Kier alpha value is -2.65. The van der Waals surface area contributed by atoms with Gasteiger partial charge in [0.1, 0.15) is 28.5 Å². The molecule has 0 aromatic heterocycles. The number of carbonyl (C=O) groups is 4. The summed E-state index contributed by atoms with van der Waals surface area (Å²) in [5.41, 5.74) is -0.379. The van der Waals surface area contributed by atoms with Gasteiger partial charge in [-0.15, -0.1) is 4.72 Å². The first-order valence-corrected chi connectivity index (χ1v) is 14.2. The number of nitrogens with one attached hydrogen (secondary N) is 2. The highest BCUT2D eigenvalue weighted by Crippen LogP contribution is 2.32. The molecule has 3 aliphatic rings. The maximum absolute atomic E-state index is 16.2. The summed E-state index contributed by atoms with van der Waals surface area (Å²) >= 11 is -2.00. The molecule has 0 saturated carbocycles. The molecule has 220 valence electrons. The lowest BCUT2D eigenvalue weighted by Crippen LogP contribution is -2.64. The van der Waals surface area contributed by atoms with Gasteiger partial charge in [-0.1, -0.05) is 0 Å². The molecule has 14 heteroatoms. The second-order valence-electron chi connectivity index (χ2n) is 10.8. The van der Waals surface area contributed by atoms with Crippen LogP contribution in [-0.2, 0) is 35.2 Å². The van der Waals surface area contributed by atoms with Crippen molar-refractivity contribution < 1.29 is 46.7 Å². The zero-order chi connectivity index (χ0) is 29.2. The fraction of sp³-hybridized carbons (Fsp3) is 0.615. The van der Waals surface area contributed by atoms with E-state index in [-0.39, 0.29) is 43.5 Å². The minimum atomic E-state index is -2.70. The molecule has 0 bridgehead atoms. The van der Waals surface area contributed by atoms with Gasteiger partial charge in [-0.2, -0.15) is 0 Å². The number of urea groups is 1. The van der Waals surface area contributed by atoms with E-state index in [2.05, 4.69) is 4.72 Å². The summed E-state index contributed by atoms with van der Waals surface area (Å²) in [6, 6.07) is 0.0415. The number of barbiturate groups is 1. The van der Waals surface area contributed by atoms with Gasteiger partial charge in [-0.3, -0.25) is 24.6 Å². The summed E-state index contributed by atoms with van der Waals surface area (Å²) in [4.78, 5) is 52.6. The van der Waals surface area contributed by atoms with Gasteiger partial charge >= 0.3 is 6.03 Å². The van der Waals surface area contributed by atoms with Crippen LogP contribution in [-0.4, -0.2) is 82.6 Å². The number of halogens is 2. The number of ketones is 1. The van der Waals surface area contributed by atoms with Crippen LogP contribution in [0.3, 0.4) is 0 Å². The second kappa shape index (κ2) is 12.5. The lowest BCUT2D eigenvalue weighted by atomic mass is 9.89. The molecule has 3 aliphatic heterocycles. The number of benzene rings is 1. The molecule has 0 spiro atoms. The van der Waals surface area contributed by atoms with Crippen LogP contribution in [0.2, 0.25) is 0 Å². The Bertz CT molecular complexity index is 1140. The Labute approximate surface area is 233 Å². The maximum Gasteiger partial charge on any atom is 0.331 e. The topological polar surface area (TPSA) is 146 Å². The fourth-order valence-corrected chi connectivity index (χ4v) is 5.49. The standard InChI is InChI=1S/C26H33F2N3O8S/c1-26(2,3)40(36)30-21(17-12-15(4-5-18(17)27)39-16-8-11-38-13-16)20(28)22(32)19-23(33)29-25(35)31(24(19)34)14-6-9-37-10-7-14/h4-5,12,14,16,19-21,30H,6-11,13H2,1-3H3,(H,29,33,35)/t16-,19?,20+,21-,40?/m0/s1. The smallest absolute Gasteiger partial charge is 0.331 e. The monoisotopic (exact) mass is 585 g/mol. The van der Waals surface area contributed by atoms with E-state index < -0.39 is 69.7 Å². The van der Waals surface area contributed by atoms with Crippen molar-refractivity contribution in [2.24, 2.45) is 5.92 Å². The molecular weight excluding hydrogens is 552 g/mol. The van der Waals surface area contributed by atoms with E-state index >= 15 is 8.78 Å². The van der Waals surface area contributed by atoms with Crippen LogP contribution in [0, 0.1) is 11.7 Å². The number of rotatable bonds is 9. The molecular formula is C26H33F2N3O8S. The van der Waals surface area contributed by atoms with Gasteiger partial charge < -0.3 is 18.8 Å². The van der Waals surface area contributed by atoms with Gasteiger partial charge in [0.05, 0.1) is 13.2 Å². The van der Waals surface area contributed by atoms with Crippen LogP contribution in [0.25, 0.3) is 0 Å². The Morgan fingerprint density at radius 3 is 2.48 bits per heavy atom. The van der Waals surface area contributed by atoms with Crippen LogP contribution in [0.1, 0.15) is 51.6 Å². The number of hydrogen-bond acceptors (Lipinski definition) is 9. The molecule has 4 amide bonds. The minimum absolute atomic E-state index is 0.169. The summed E-state index contributed by atoms with van der Waals surface area (Å²) in [7, 11) is 0. The van der Waals surface area contributed by atoms with Crippen molar-refractivity contribution in [2.75, 3.05) is 26.4 Å². The molecule has 40 heavy (non-hydrogen) atoms. The summed E-state index contributed by atoms with van der Waals surface area (Å²) in [6.45, 7) is 6.09. The first-order chi connectivity index (χ1) is 18.9. The first-order valence-electron chi connectivity index (χ1n) is 13.0. The molecule has 11 nitrogen and oxygen atoms in total. The van der Waals surface area contributed by atoms with Crippen LogP contribution in [0.15, 0.2) is 18.2 Å². The third kappa shape index (κ3) is 6.62. The number of imide groups is 2. The zero-order valence-corrected chi connectivity index (χ0v) is 23.3. The van der Waals surface area contributed by atoms with Gasteiger partial charge in [0, 0.05) is 42.6 Å². The number of ether oxygens (including phenoxy) is 3. The van der Waals surface area contributed by atoms with Crippen molar-refractivity contribution in [3.05, 3.63) is 29.6 Å². The van der Waals surface area contributed by atoms with E-state index in [1.165, 1.54) is 12.1 Å². The summed E-state index contributed by atoms with van der Waals surface area (Å²) in [5, 5.41) is 1.96. The predicted molar refractivity (Wildman–Crippen MR) is 138 cm³/mol. The first kappa shape index (κ1) is 30.3. The molecule has 3 fully saturated rings. The number of Topliss-reactive ketones (excluding diaryl/α,β-unsaturated/α-hetero) is 1. The summed E-state index contributed by atoms with van der Waals surface area (Å²) < 4.78 is 62.2. The van der Waals surface area contributed by atoms with Gasteiger partial charge in [-0.05, 0) is 51.8 Å². The molecule has 1 aromatic carbocycles. The Balaban J connectivity index is 1.65. The summed E-state index contributed by atoms with van der Waals surface area (Å²) in [6.07, 6.45) is -1.85. The quantitative estimate of drug-likeness (QED) is 0.328. The van der Waals surface area contributed by atoms with Gasteiger partial charge in [0.2, 0.25) is 5.91 Å². The van der Waals surface area contributed by atoms with Crippen LogP contribution >= 0.6 is 0 Å². The Kier molecular flexibility index (Phi) is 9.45. The van der Waals surface area contributed by atoms with Gasteiger partial charge in [-0.25, -0.2) is 13.6 Å². The molecule has 0 radical (unpaired) electrons. The Morgan fingerprint density at radius 2 is 1.85 bits per heavy atom. The second-order valence-corrected chi connectivity index (χ2v) is 12.8. The van der Waals surface area contributed by atoms with Crippen molar-refractivity contribution in [1.82, 2.24) is 14.9 Å². The van der Waals surface area contributed by atoms with Crippen molar-refractivity contribution in [3.63, 3.8) is 0 Å². The van der Waals surface area contributed by atoms with E-state index in [1.54, 1.807) is 20.8 Å². The molecule has 4 rings (SSSR count). The van der Waals surface area contributed by atoms with Crippen LogP contribution < -0.4 is 14.8 Å². The average Bonchev–Trinajstić information content (AvgIpc) is 3.41. The lowest BCUT2D eigenvalue weighted by molar-refractivity contribution is -0.151. The predicted octanol–water partition coefficient (Wildman–Crippen LogP) is 1.87. The van der Waals surface area contributed by atoms with E-state index in [4.69, 9.17) is 14.2 Å². The van der Waals surface area contributed by atoms with Crippen molar-refractivity contribution >= 4 is 35.0 Å². The molecule has 2 unspecified atom stereocenters. The zero-order valence-electron chi connectivity index (χ0n) is 22.4. The third-order valence-corrected chi connectivity index (χ3v) is 8.46. The van der Waals surface area contributed by atoms with E-state index in [0.29, 0.717) is 19.6 Å². The van der Waals surface area contributed by atoms with Gasteiger partial charge in [0.25, 0.3) is 5.91 Å². The molecule has 2 N–H and O–H groups in total. The highest BCUT2D eigenvalue weighted by molar-refractivity contribution is 7.90. The maximum atomic E-state index is 16.2. The molecule has 3 heterocycles. The fourth-order valence-electron chi connectivity index (χ4n) is 4.66. The number of alkyl halides is 1. The van der Waals surface area contributed by atoms with Crippen LogP contribution in [0.5, 0.6) is 5.75 Å². The number of nitrogens with zero attached hydrogens (tertiary/aromatic N) is 1. The summed E-state index contributed by atoms with van der Waals surface area (Å²) in [5.74, 6) is -6.88. The molecule has 0 aliphatic carbocycles. The van der Waals surface area contributed by atoms with Gasteiger partial charge in [0.15, 0.2) is 17.9 Å². The van der Waals surface area contributed by atoms with E-state index in [9.17, 15) is 23.7 Å². The van der Waals surface area contributed by atoms with E-state index in [0.717, 1.165) is 11.0 Å². The number of hydrogen-bond donors (Lipinski definition) is 2. The SMILES string of the molecule is CC(C)(C)[S+]([O-])N[C@@H](c1cc(O[C@H]2CCOC2)ccc1F)[C@@H](F)C(=O)C1C(=O)NC(=O)N(C2CCOCC2)C1=O. The lowest BCUT2D eigenvalue weighted by Gasteiger charge is -2.37. The normalized spacial score (nSPS) is 24.9. The van der Waals surface area contributed by atoms with Crippen molar-refractivity contribution in [3.8, 4) is 5.75 Å². The van der Waals surface area contributed by atoms with Crippen LogP contribution in [0.4, 0.5) is 13.6 Å². The molecule has 3 saturated heterocycles.